The minimum atomic E-state index is -0.416. The van der Waals surface area contributed by atoms with E-state index in [9.17, 15) is 9.18 Å². The molecule has 2 aliphatic carbocycles. The van der Waals surface area contributed by atoms with Gasteiger partial charge in [-0.3, -0.25) is 9.78 Å². The predicted molar refractivity (Wildman–Crippen MR) is 99.2 cm³/mol. The Morgan fingerprint density at radius 1 is 1.15 bits per heavy atom. The zero-order valence-corrected chi connectivity index (χ0v) is 15.7. The molecule has 0 radical (unpaired) electrons. The van der Waals surface area contributed by atoms with Gasteiger partial charge in [-0.15, -0.1) is 0 Å². The third kappa shape index (κ3) is 2.80. The number of hydrogen-bond acceptors (Lipinski definition) is 3. The summed E-state index contributed by atoms with van der Waals surface area (Å²) in [6.45, 7) is 4.03. The van der Waals surface area contributed by atoms with Gasteiger partial charge in [0.1, 0.15) is 5.82 Å². The van der Waals surface area contributed by atoms with Gasteiger partial charge in [-0.2, -0.15) is 0 Å². The first-order valence-corrected chi connectivity index (χ1v) is 9.52. The summed E-state index contributed by atoms with van der Waals surface area (Å²) < 4.78 is 18.8. The molecule has 0 saturated heterocycles. The summed E-state index contributed by atoms with van der Waals surface area (Å²) in [7, 11) is 1.48. The van der Waals surface area contributed by atoms with Gasteiger partial charge in [-0.25, -0.2) is 4.39 Å². The maximum absolute atomic E-state index is 13.8. The van der Waals surface area contributed by atoms with Crippen molar-refractivity contribution in [3.05, 3.63) is 41.8 Å². The van der Waals surface area contributed by atoms with E-state index in [1.807, 2.05) is 20.0 Å². The van der Waals surface area contributed by atoms with Gasteiger partial charge in [0.2, 0.25) is 0 Å². The highest BCUT2D eigenvalue weighted by molar-refractivity contribution is 5.82. The summed E-state index contributed by atoms with van der Waals surface area (Å²) >= 11 is 0. The zero-order valence-electron chi connectivity index (χ0n) is 15.7. The van der Waals surface area contributed by atoms with Crippen LogP contribution in [-0.4, -0.2) is 18.1 Å². The Morgan fingerprint density at radius 2 is 1.85 bits per heavy atom. The summed E-state index contributed by atoms with van der Waals surface area (Å²) in [6.07, 6.45) is 6.25. The number of esters is 1. The summed E-state index contributed by atoms with van der Waals surface area (Å²) in [6, 6.07) is 6.92. The molecule has 0 unspecified atom stereocenters. The summed E-state index contributed by atoms with van der Waals surface area (Å²) in [5.74, 6) is 1.83. The molecular formula is C22H26FNO2. The highest BCUT2D eigenvalue weighted by atomic mass is 19.1. The van der Waals surface area contributed by atoms with E-state index in [1.165, 1.54) is 18.7 Å². The van der Waals surface area contributed by atoms with Crippen molar-refractivity contribution >= 4 is 16.9 Å². The molecule has 4 atom stereocenters. The van der Waals surface area contributed by atoms with Gasteiger partial charge in [0.15, 0.2) is 0 Å². The second-order valence-corrected chi connectivity index (χ2v) is 8.63. The molecule has 0 spiro atoms. The van der Waals surface area contributed by atoms with Crippen LogP contribution in [0.15, 0.2) is 30.5 Å². The number of carbonyl (C=O) groups is 1. The van der Waals surface area contributed by atoms with E-state index < -0.39 is 5.41 Å². The Labute approximate surface area is 154 Å². The molecule has 4 heteroatoms. The number of fused-ring (bicyclic) bond motifs is 2. The Morgan fingerprint density at radius 3 is 2.50 bits per heavy atom. The van der Waals surface area contributed by atoms with Gasteiger partial charge in [-0.05, 0) is 93.0 Å². The van der Waals surface area contributed by atoms with Crippen LogP contribution in [0.1, 0.15) is 51.0 Å². The summed E-state index contributed by atoms with van der Waals surface area (Å²) in [4.78, 5) is 16.5. The second-order valence-electron chi connectivity index (χ2n) is 8.63. The van der Waals surface area contributed by atoms with Crippen LogP contribution in [-0.2, 0) is 9.53 Å². The quantitative estimate of drug-likeness (QED) is 0.720. The SMILES string of the molecule is COC(=O)C(C)(C)[C@H]1C[C@H]2C[C@@H](c3ccnc4ccc(F)cc34)C[C@H]2C1. The molecule has 2 fully saturated rings. The number of carbonyl (C=O) groups excluding carboxylic acids is 1. The number of halogens is 1. The lowest BCUT2D eigenvalue weighted by Gasteiger charge is -2.29. The van der Waals surface area contributed by atoms with E-state index in [0.717, 1.165) is 36.6 Å². The Balaban J connectivity index is 1.54. The smallest absolute Gasteiger partial charge is 0.311 e. The highest BCUT2D eigenvalue weighted by Gasteiger charge is 2.49. The number of aromatic nitrogens is 1. The standard InChI is InChI=1S/C22H26FNO2/c1-22(2,21(25)26-3)16-10-13-8-15(9-14(13)11-16)18-6-7-24-20-5-4-17(23)12-19(18)20/h4-7,12-16H,8-11H2,1-3H3/t13-,14+,15-,16+. The number of benzene rings is 1. The molecule has 2 saturated carbocycles. The molecule has 0 bridgehead atoms. The number of nitrogens with zero attached hydrogens (tertiary/aromatic N) is 1. The predicted octanol–water partition coefficient (Wildman–Crippen LogP) is 5.09. The van der Waals surface area contributed by atoms with Gasteiger partial charge < -0.3 is 4.74 Å². The third-order valence-electron chi connectivity index (χ3n) is 6.92. The number of pyridine rings is 1. The molecule has 1 aromatic heterocycles. The first-order chi connectivity index (χ1) is 12.4. The first kappa shape index (κ1) is 17.4. The maximum atomic E-state index is 13.8. The summed E-state index contributed by atoms with van der Waals surface area (Å²) in [5.41, 5.74) is 1.68. The first-order valence-electron chi connectivity index (χ1n) is 9.52. The molecule has 26 heavy (non-hydrogen) atoms. The molecular weight excluding hydrogens is 329 g/mol. The number of hydrogen-bond donors (Lipinski definition) is 0. The average molecular weight is 355 g/mol. The average Bonchev–Trinajstić information content (AvgIpc) is 3.19. The van der Waals surface area contributed by atoms with Crippen molar-refractivity contribution in [3.63, 3.8) is 0 Å². The summed E-state index contributed by atoms with van der Waals surface area (Å²) in [5, 5.41) is 0.948. The van der Waals surface area contributed by atoms with Crippen molar-refractivity contribution in [2.45, 2.75) is 45.4 Å². The minimum absolute atomic E-state index is 0.102. The fraction of sp³-hybridized carbons (Fsp3) is 0.545. The van der Waals surface area contributed by atoms with Crippen LogP contribution in [0.3, 0.4) is 0 Å². The lowest BCUT2D eigenvalue weighted by Crippen LogP contribution is -2.33. The van der Waals surface area contributed by atoms with Crippen molar-refractivity contribution in [2.24, 2.45) is 23.2 Å². The molecule has 138 valence electrons. The molecule has 1 heterocycles. The lowest BCUT2D eigenvalue weighted by molar-refractivity contribution is -0.154. The molecule has 1 aromatic carbocycles. The number of ether oxygens (including phenoxy) is 1. The molecule has 4 rings (SSSR count). The topological polar surface area (TPSA) is 39.2 Å². The normalized spacial score (nSPS) is 28.3. The Bertz CT molecular complexity index is 833. The van der Waals surface area contributed by atoms with Crippen LogP contribution in [0.2, 0.25) is 0 Å². The molecule has 0 amide bonds. The molecule has 2 aromatic rings. The van der Waals surface area contributed by atoms with E-state index in [0.29, 0.717) is 23.7 Å². The molecule has 0 N–H and O–H groups in total. The van der Waals surface area contributed by atoms with E-state index in [-0.39, 0.29) is 11.8 Å². The van der Waals surface area contributed by atoms with Gasteiger partial charge in [0, 0.05) is 11.6 Å². The monoisotopic (exact) mass is 355 g/mol. The third-order valence-corrected chi connectivity index (χ3v) is 6.92. The van der Waals surface area contributed by atoms with Crippen LogP contribution in [0.5, 0.6) is 0 Å². The van der Waals surface area contributed by atoms with Crippen LogP contribution >= 0.6 is 0 Å². The Kier molecular flexibility index (Phi) is 4.25. The minimum Gasteiger partial charge on any atom is -0.469 e. The van der Waals surface area contributed by atoms with E-state index in [2.05, 4.69) is 11.1 Å². The lowest BCUT2D eigenvalue weighted by atomic mass is 9.76. The zero-order chi connectivity index (χ0) is 18.5. The van der Waals surface area contributed by atoms with Crippen molar-refractivity contribution < 1.29 is 13.9 Å². The van der Waals surface area contributed by atoms with Gasteiger partial charge in [-0.1, -0.05) is 0 Å². The van der Waals surface area contributed by atoms with Crippen molar-refractivity contribution in [1.29, 1.82) is 0 Å². The number of rotatable bonds is 3. The molecule has 3 nitrogen and oxygen atoms in total. The fourth-order valence-electron chi connectivity index (χ4n) is 5.39. The fourth-order valence-corrected chi connectivity index (χ4v) is 5.39. The molecule has 2 aliphatic rings. The van der Waals surface area contributed by atoms with Gasteiger partial charge in [0.25, 0.3) is 0 Å². The van der Waals surface area contributed by atoms with Gasteiger partial charge in [0.05, 0.1) is 18.0 Å². The van der Waals surface area contributed by atoms with E-state index >= 15 is 0 Å². The van der Waals surface area contributed by atoms with Gasteiger partial charge >= 0.3 is 5.97 Å². The largest absolute Gasteiger partial charge is 0.469 e. The van der Waals surface area contributed by atoms with Crippen LogP contribution in [0, 0.1) is 29.0 Å². The van der Waals surface area contributed by atoms with E-state index in [1.54, 1.807) is 12.1 Å². The number of methoxy groups -OCH3 is 1. The highest BCUT2D eigenvalue weighted by Crippen LogP contribution is 2.56. The molecule has 0 aliphatic heterocycles. The van der Waals surface area contributed by atoms with E-state index in [4.69, 9.17) is 4.74 Å². The van der Waals surface area contributed by atoms with Crippen molar-refractivity contribution in [3.8, 4) is 0 Å². The van der Waals surface area contributed by atoms with Crippen LogP contribution in [0.25, 0.3) is 10.9 Å². The Hall–Kier alpha value is -1.97. The maximum Gasteiger partial charge on any atom is 0.311 e. The second kappa shape index (κ2) is 6.33. The van der Waals surface area contributed by atoms with Crippen molar-refractivity contribution in [1.82, 2.24) is 4.98 Å². The van der Waals surface area contributed by atoms with Crippen molar-refractivity contribution in [2.75, 3.05) is 7.11 Å². The van der Waals surface area contributed by atoms with Crippen LogP contribution < -0.4 is 0 Å². The van der Waals surface area contributed by atoms with Crippen LogP contribution in [0.4, 0.5) is 4.39 Å².